The van der Waals surface area contributed by atoms with Crippen LogP contribution in [0.15, 0.2) is 22.7 Å². The molecule has 4 nitrogen and oxygen atoms in total. The monoisotopic (exact) mass is 271 g/mol. The van der Waals surface area contributed by atoms with Crippen LogP contribution in [0.2, 0.25) is 0 Å². The van der Waals surface area contributed by atoms with Crippen molar-refractivity contribution in [1.29, 1.82) is 0 Å². The van der Waals surface area contributed by atoms with Gasteiger partial charge in [-0.25, -0.2) is 0 Å². The third-order valence-electron chi connectivity index (χ3n) is 1.70. The fourth-order valence-corrected chi connectivity index (χ4v) is 1.35. The van der Waals surface area contributed by atoms with Gasteiger partial charge < -0.3 is 10.4 Å². The molecule has 0 aromatic heterocycles. The van der Waals surface area contributed by atoms with Crippen molar-refractivity contribution >= 4 is 27.6 Å². The highest BCUT2D eigenvalue weighted by Gasteiger charge is 2.11. The smallest absolute Gasteiger partial charge is 0.255 e. The molecular formula is C10H10BrNO3. The highest BCUT2D eigenvalue weighted by atomic mass is 79.9. The molecule has 0 aliphatic rings. The molecule has 0 saturated carbocycles. The van der Waals surface area contributed by atoms with E-state index in [1.54, 1.807) is 6.07 Å². The molecule has 5 heteroatoms. The van der Waals surface area contributed by atoms with Crippen molar-refractivity contribution in [3.8, 4) is 5.75 Å². The predicted molar refractivity (Wildman–Crippen MR) is 58.8 cm³/mol. The molecular weight excluding hydrogens is 262 g/mol. The first kappa shape index (κ1) is 11.7. The zero-order valence-corrected chi connectivity index (χ0v) is 9.67. The molecule has 0 fully saturated rings. The molecule has 2 N–H and O–H groups in total. The summed E-state index contributed by atoms with van der Waals surface area (Å²) < 4.78 is 0.688. The van der Waals surface area contributed by atoms with Crippen LogP contribution in [0.3, 0.4) is 0 Å². The van der Waals surface area contributed by atoms with E-state index in [1.807, 2.05) is 0 Å². The van der Waals surface area contributed by atoms with Crippen LogP contribution in [-0.4, -0.2) is 23.3 Å². The van der Waals surface area contributed by atoms with E-state index >= 15 is 0 Å². The second-order valence-corrected chi connectivity index (χ2v) is 3.96. The Labute approximate surface area is 95.4 Å². The lowest BCUT2D eigenvalue weighted by Crippen LogP contribution is -2.28. The minimum Gasteiger partial charge on any atom is -0.507 e. The second kappa shape index (κ2) is 4.93. The molecule has 15 heavy (non-hydrogen) atoms. The van der Waals surface area contributed by atoms with E-state index in [9.17, 15) is 14.7 Å². The maximum Gasteiger partial charge on any atom is 0.255 e. The Bertz CT molecular complexity index is 404. The molecule has 80 valence electrons. The third kappa shape index (κ3) is 3.36. The van der Waals surface area contributed by atoms with E-state index in [-0.39, 0.29) is 23.6 Å². The van der Waals surface area contributed by atoms with Crippen LogP contribution in [0.25, 0.3) is 0 Å². The Kier molecular flexibility index (Phi) is 3.85. The van der Waals surface area contributed by atoms with Crippen molar-refractivity contribution in [3.05, 3.63) is 28.2 Å². The number of phenols is 1. The summed E-state index contributed by atoms with van der Waals surface area (Å²) in [7, 11) is 0. The first-order valence-electron chi connectivity index (χ1n) is 4.27. The Balaban J connectivity index is 2.81. The van der Waals surface area contributed by atoms with Gasteiger partial charge in [-0.2, -0.15) is 0 Å². The van der Waals surface area contributed by atoms with Crippen molar-refractivity contribution in [1.82, 2.24) is 5.32 Å². The Hall–Kier alpha value is -1.36. The van der Waals surface area contributed by atoms with Crippen molar-refractivity contribution < 1.29 is 14.7 Å². The van der Waals surface area contributed by atoms with Gasteiger partial charge in [-0.05, 0) is 25.1 Å². The Morgan fingerprint density at radius 1 is 1.47 bits per heavy atom. The first-order valence-corrected chi connectivity index (χ1v) is 5.06. The van der Waals surface area contributed by atoms with E-state index in [4.69, 9.17) is 0 Å². The largest absolute Gasteiger partial charge is 0.507 e. The number of benzene rings is 1. The first-order chi connectivity index (χ1) is 7.00. The molecule has 0 spiro atoms. The van der Waals surface area contributed by atoms with Gasteiger partial charge in [-0.1, -0.05) is 15.9 Å². The van der Waals surface area contributed by atoms with Crippen LogP contribution in [0, 0.1) is 0 Å². The van der Waals surface area contributed by atoms with Crippen molar-refractivity contribution in [2.45, 2.75) is 6.92 Å². The normalized spacial score (nSPS) is 9.73. The quantitative estimate of drug-likeness (QED) is 0.875. The molecule has 0 aliphatic carbocycles. The summed E-state index contributed by atoms with van der Waals surface area (Å²) in [6.45, 7) is 1.34. The molecule has 0 aliphatic heterocycles. The minimum atomic E-state index is -0.469. The zero-order chi connectivity index (χ0) is 11.4. The number of hydrogen-bond donors (Lipinski definition) is 2. The number of aromatic hydroxyl groups is 1. The summed E-state index contributed by atoms with van der Waals surface area (Å²) in [5, 5.41) is 11.8. The lowest BCUT2D eigenvalue weighted by molar-refractivity contribution is -0.116. The molecule has 0 unspecified atom stereocenters. The number of rotatable bonds is 3. The number of halogens is 1. The average Bonchev–Trinajstić information content (AvgIpc) is 2.18. The zero-order valence-electron chi connectivity index (χ0n) is 8.08. The molecule has 0 radical (unpaired) electrons. The van der Waals surface area contributed by atoms with Crippen LogP contribution in [-0.2, 0) is 4.79 Å². The molecule has 0 heterocycles. The highest BCUT2D eigenvalue weighted by Crippen LogP contribution is 2.21. The topological polar surface area (TPSA) is 66.4 Å². The van der Waals surface area contributed by atoms with Gasteiger partial charge in [0.25, 0.3) is 5.91 Å². The summed E-state index contributed by atoms with van der Waals surface area (Å²) in [6.07, 6.45) is 0. The van der Waals surface area contributed by atoms with Crippen LogP contribution in [0.1, 0.15) is 17.3 Å². The number of amides is 1. The van der Waals surface area contributed by atoms with E-state index in [2.05, 4.69) is 21.2 Å². The summed E-state index contributed by atoms with van der Waals surface area (Å²) in [4.78, 5) is 22.1. The average molecular weight is 272 g/mol. The van der Waals surface area contributed by atoms with Crippen LogP contribution in [0.4, 0.5) is 0 Å². The SMILES string of the molecule is CC(=O)CNC(=O)c1cc(Br)ccc1O. The van der Waals surface area contributed by atoms with Gasteiger partial charge in [-0.15, -0.1) is 0 Å². The lowest BCUT2D eigenvalue weighted by Gasteiger charge is -2.05. The van der Waals surface area contributed by atoms with Gasteiger partial charge >= 0.3 is 0 Å². The van der Waals surface area contributed by atoms with Gasteiger partial charge in [0.2, 0.25) is 0 Å². The van der Waals surface area contributed by atoms with Gasteiger partial charge in [-0.3, -0.25) is 9.59 Å². The number of hydrogen-bond acceptors (Lipinski definition) is 3. The molecule has 1 aromatic carbocycles. The minimum absolute atomic E-state index is 0.0369. The van der Waals surface area contributed by atoms with Gasteiger partial charge in [0, 0.05) is 4.47 Å². The highest BCUT2D eigenvalue weighted by molar-refractivity contribution is 9.10. The maximum atomic E-state index is 11.5. The molecule has 0 bridgehead atoms. The second-order valence-electron chi connectivity index (χ2n) is 3.05. The Morgan fingerprint density at radius 2 is 2.13 bits per heavy atom. The maximum absolute atomic E-state index is 11.5. The number of ketones is 1. The van der Waals surface area contributed by atoms with Crippen LogP contribution in [0.5, 0.6) is 5.75 Å². The lowest BCUT2D eigenvalue weighted by atomic mass is 10.2. The number of phenolic OH excluding ortho intramolecular Hbond substituents is 1. The van der Waals surface area contributed by atoms with Crippen molar-refractivity contribution in [2.75, 3.05) is 6.54 Å². The van der Waals surface area contributed by atoms with E-state index in [0.29, 0.717) is 4.47 Å². The number of nitrogens with one attached hydrogen (secondary N) is 1. The van der Waals surface area contributed by atoms with E-state index in [0.717, 1.165) is 0 Å². The van der Waals surface area contributed by atoms with Gasteiger partial charge in [0.15, 0.2) is 0 Å². The summed E-state index contributed by atoms with van der Waals surface area (Å²) in [5.41, 5.74) is 0.144. The standard InChI is InChI=1S/C10H10BrNO3/c1-6(13)5-12-10(15)8-4-7(11)2-3-9(8)14/h2-4,14H,5H2,1H3,(H,12,15). The summed E-state index contributed by atoms with van der Waals surface area (Å²) in [6, 6.07) is 4.52. The van der Waals surface area contributed by atoms with E-state index < -0.39 is 5.91 Å². The van der Waals surface area contributed by atoms with E-state index in [1.165, 1.54) is 19.1 Å². The fraction of sp³-hybridized carbons (Fsp3) is 0.200. The van der Waals surface area contributed by atoms with Gasteiger partial charge in [0.1, 0.15) is 11.5 Å². The molecule has 1 rings (SSSR count). The molecule has 1 amide bonds. The third-order valence-corrected chi connectivity index (χ3v) is 2.19. The Morgan fingerprint density at radius 3 is 2.73 bits per heavy atom. The number of carbonyl (C=O) groups is 2. The summed E-state index contributed by atoms with van der Waals surface area (Å²) in [5.74, 6) is -0.721. The number of carbonyl (C=O) groups excluding carboxylic acids is 2. The molecule has 0 saturated heterocycles. The van der Waals surface area contributed by atoms with Crippen molar-refractivity contribution in [3.63, 3.8) is 0 Å². The molecule has 0 atom stereocenters. The summed E-state index contributed by atoms with van der Waals surface area (Å²) >= 11 is 3.19. The fourth-order valence-electron chi connectivity index (χ4n) is 0.990. The molecule has 1 aromatic rings. The van der Waals surface area contributed by atoms with Gasteiger partial charge in [0.05, 0.1) is 12.1 Å². The predicted octanol–water partition coefficient (Wildman–Crippen LogP) is 1.47. The van der Waals surface area contributed by atoms with Crippen LogP contribution >= 0.6 is 15.9 Å². The number of Topliss-reactive ketones (excluding diaryl/α,β-unsaturated/α-hetero) is 1. The van der Waals surface area contributed by atoms with Crippen molar-refractivity contribution in [2.24, 2.45) is 0 Å². The van der Waals surface area contributed by atoms with Crippen LogP contribution < -0.4 is 5.32 Å².